The molecule has 1 fully saturated rings. The van der Waals surface area contributed by atoms with E-state index in [1.165, 1.54) is 6.42 Å². The van der Waals surface area contributed by atoms with Crippen LogP contribution in [-0.4, -0.2) is 18.6 Å². The molecule has 1 saturated carbocycles. The molecule has 0 bridgehead atoms. The van der Waals surface area contributed by atoms with Crippen molar-refractivity contribution >= 4 is 12.6 Å². The van der Waals surface area contributed by atoms with Crippen LogP contribution in [0.5, 0.6) is 0 Å². The Kier molecular flexibility index (Phi) is 3.60. The van der Waals surface area contributed by atoms with E-state index < -0.39 is 6.04 Å². The van der Waals surface area contributed by atoms with E-state index in [4.69, 9.17) is 5.73 Å². The van der Waals surface area contributed by atoms with Gasteiger partial charge in [-0.15, -0.1) is 0 Å². The number of carbonyl (C=O) groups is 2. The molecular formula is C10H17NO2. The Morgan fingerprint density at radius 1 is 1.23 bits per heavy atom. The Hall–Kier alpha value is -0.700. The molecule has 0 radical (unpaired) electrons. The SMILES string of the molecule is NC(C=O)CC1(C=O)CCCCC1. The van der Waals surface area contributed by atoms with Crippen LogP contribution in [-0.2, 0) is 9.59 Å². The van der Waals surface area contributed by atoms with Crippen molar-refractivity contribution in [2.75, 3.05) is 0 Å². The number of rotatable bonds is 4. The highest BCUT2D eigenvalue weighted by atomic mass is 16.1. The lowest BCUT2D eigenvalue weighted by atomic mass is 9.71. The van der Waals surface area contributed by atoms with Gasteiger partial charge in [0.2, 0.25) is 0 Å². The molecule has 3 nitrogen and oxygen atoms in total. The Morgan fingerprint density at radius 2 is 1.85 bits per heavy atom. The van der Waals surface area contributed by atoms with Crippen LogP contribution in [0, 0.1) is 5.41 Å². The summed E-state index contributed by atoms with van der Waals surface area (Å²) in [5.74, 6) is 0. The second-order valence-electron chi connectivity index (χ2n) is 4.04. The second-order valence-corrected chi connectivity index (χ2v) is 4.04. The van der Waals surface area contributed by atoms with Crippen molar-refractivity contribution in [3.8, 4) is 0 Å². The zero-order valence-corrected chi connectivity index (χ0v) is 7.87. The molecule has 0 aromatic carbocycles. The van der Waals surface area contributed by atoms with E-state index in [1.54, 1.807) is 0 Å². The first-order chi connectivity index (χ1) is 6.22. The van der Waals surface area contributed by atoms with Crippen LogP contribution in [0.4, 0.5) is 0 Å². The molecule has 0 aromatic rings. The van der Waals surface area contributed by atoms with Gasteiger partial charge < -0.3 is 15.3 Å². The Bertz CT molecular complexity index is 185. The number of nitrogens with two attached hydrogens (primary N) is 1. The summed E-state index contributed by atoms with van der Waals surface area (Å²) in [5, 5.41) is 0. The first kappa shape index (κ1) is 10.4. The van der Waals surface area contributed by atoms with Crippen LogP contribution >= 0.6 is 0 Å². The summed E-state index contributed by atoms with van der Waals surface area (Å²) in [4.78, 5) is 21.4. The molecule has 0 aliphatic heterocycles. The van der Waals surface area contributed by atoms with Gasteiger partial charge in [-0.1, -0.05) is 19.3 Å². The van der Waals surface area contributed by atoms with Crippen molar-refractivity contribution < 1.29 is 9.59 Å². The highest BCUT2D eigenvalue weighted by molar-refractivity contribution is 5.63. The minimum absolute atomic E-state index is 0.293. The summed E-state index contributed by atoms with van der Waals surface area (Å²) in [7, 11) is 0. The second kappa shape index (κ2) is 4.51. The van der Waals surface area contributed by atoms with Gasteiger partial charge in [-0.05, 0) is 19.3 Å². The summed E-state index contributed by atoms with van der Waals surface area (Å²) in [6, 6.07) is -0.469. The topological polar surface area (TPSA) is 60.2 Å². The molecule has 0 aromatic heterocycles. The monoisotopic (exact) mass is 183 g/mol. The lowest BCUT2D eigenvalue weighted by Gasteiger charge is -2.32. The quantitative estimate of drug-likeness (QED) is 0.663. The molecule has 2 N–H and O–H groups in total. The van der Waals surface area contributed by atoms with E-state index in [1.807, 2.05) is 0 Å². The molecule has 3 heteroatoms. The number of hydrogen-bond acceptors (Lipinski definition) is 3. The van der Waals surface area contributed by atoms with Gasteiger partial charge in [-0.2, -0.15) is 0 Å². The van der Waals surface area contributed by atoms with Crippen molar-refractivity contribution in [3.63, 3.8) is 0 Å². The van der Waals surface area contributed by atoms with Crippen LogP contribution in [0.1, 0.15) is 38.5 Å². The molecule has 1 unspecified atom stereocenters. The first-order valence-corrected chi connectivity index (χ1v) is 4.90. The van der Waals surface area contributed by atoms with Gasteiger partial charge in [0, 0.05) is 5.41 Å². The molecule has 1 aliphatic carbocycles. The Balaban J connectivity index is 2.56. The van der Waals surface area contributed by atoms with Gasteiger partial charge in [0.05, 0.1) is 6.04 Å². The average molecular weight is 183 g/mol. The predicted molar refractivity (Wildman–Crippen MR) is 50.2 cm³/mol. The molecule has 0 spiro atoms. The van der Waals surface area contributed by atoms with Crippen molar-refractivity contribution in [3.05, 3.63) is 0 Å². The first-order valence-electron chi connectivity index (χ1n) is 4.90. The summed E-state index contributed by atoms with van der Waals surface area (Å²) in [5.41, 5.74) is 5.24. The third-order valence-electron chi connectivity index (χ3n) is 2.92. The van der Waals surface area contributed by atoms with Crippen molar-refractivity contribution in [2.24, 2.45) is 11.1 Å². The Labute approximate surface area is 78.7 Å². The lowest BCUT2D eigenvalue weighted by Crippen LogP contribution is -2.35. The van der Waals surface area contributed by atoms with Crippen molar-refractivity contribution in [2.45, 2.75) is 44.6 Å². The van der Waals surface area contributed by atoms with Crippen molar-refractivity contribution in [1.29, 1.82) is 0 Å². The number of carbonyl (C=O) groups excluding carboxylic acids is 2. The molecule has 1 rings (SSSR count). The van der Waals surface area contributed by atoms with E-state index in [0.29, 0.717) is 6.42 Å². The minimum Gasteiger partial charge on any atom is -0.322 e. The van der Waals surface area contributed by atoms with Crippen LogP contribution in [0.3, 0.4) is 0 Å². The van der Waals surface area contributed by atoms with Crippen LogP contribution in [0.25, 0.3) is 0 Å². The van der Waals surface area contributed by atoms with Crippen LogP contribution in [0.15, 0.2) is 0 Å². The van der Waals surface area contributed by atoms with Gasteiger partial charge in [-0.25, -0.2) is 0 Å². The lowest BCUT2D eigenvalue weighted by molar-refractivity contribution is -0.119. The highest BCUT2D eigenvalue weighted by Crippen LogP contribution is 2.37. The summed E-state index contributed by atoms with van der Waals surface area (Å²) in [6.07, 6.45) is 7.45. The molecule has 1 aliphatic rings. The third-order valence-corrected chi connectivity index (χ3v) is 2.92. The molecular weight excluding hydrogens is 166 g/mol. The molecule has 74 valence electrons. The van der Waals surface area contributed by atoms with Gasteiger partial charge in [-0.3, -0.25) is 0 Å². The highest BCUT2D eigenvalue weighted by Gasteiger charge is 2.33. The molecule has 1 atom stereocenters. The van der Waals surface area contributed by atoms with Gasteiger partial charge >= 0.3 is 0 Å². The van der Waals surface area contributed by atoms with Crippen molar-refractivity contribution in [1.82, 2.24) is 0 Å². The van der Waals surface area contributed by atoms with E-state index in [-0.39, 0.29) is 5.41 Å². The maximum Gasteiger partial charge on any atom is 0.136 e. The fraction of sp³-hybridized carbons (Fsp3) is 0.800. The average Bonchev–Trinajstić information content (AvgIpc) is 2.19. The molecule has 0 heterocycles. The van der Waals surface area contributed by atoms with E-state index >= 15 is 0 Å². The van der Waals surface area contributed by atoms with E-state index in [2.05, 4.69) is 0 Å². The van der Waals surface area contributed by atoms with Gasteiger partial charge in [0.25, 0.3) is 0 Å². The number of aldehydes is 2. The Morgan fingerprint density at radius 3 is 2.31 bits per heavy atom. The largest absolute Gasteiger partial charge is 0.322 e. The normalized spacial score (nSPS) is 23.5. The number of hydrogen-bond donors (Lipinski definition) is 1. The molecule has 0 amide bonds. The summed E-state index contributed by atoms with van der Waals surface area (Å²) >= 11 is 0. The summed E-state index contributed by atoms with van der Waals surface area (Å²) in [6.45, 7) is 0. The van der Waals surface area contributed by atoms with E-state index in [9.17, 15) is 9.59 Å². The smallest absolute Gasteiger partial charge is 0.136 e. The zero-order chi connectivity index (χ0) is 9.73. The maximum atomic E-state index is 11.0. The van der Waals surface area contributed by atoms with Crippen LogP contribution in [0.2, 0.25) is 0 Å². The van der Waals surface area contributed by atoms with Gasteiger partial charge in [0.1, 0.15) is 12.6 Å². The predicted octanol–water partition coefficient (Wildman–Crippen LogP) is 1.05. The van der Waals surface area contributed by atoms with Gasteiger partial charge in [0.15, 0.2) is 0 Å². The maximum absolute atomic E-state index is 11.0. The fourth-order valence-corrected chi connectivity index (χ4v) is 2.14. The third kappa shape index (κ3) is 2.62. The molecule has 0 saturated heterocycles. The molecule has 13 heavy (non-hydrogen) atoms. The van der Waals surface area contributed by atoms with E-state index in [0.717, 1.165) is 38.3 Å². The minimum atomic E-state index is -0.469. The van der Waals surface area contributed by atoms with Crippen LogP contribution < -0.4 is 5.73 Å². The fourth-order valence-electron chi connectivity index (χ4n) is 2.14. The zero-order valence-electron chi connectivity index (χ0n) is 7.87. The standard InChI is InChI=1S/C10H17NO2/c11-9(7-12)6-10(8-13)4-2-1-3-5-10/h7-9H,1-6,11H2. The summed E-state index contributed by atoms with van der Waals surface area (Å²) < 4.78 is 0.